The molecule has 7 heteroatoms. The van der Waals surface area contributed by atoms with Crippen molar-refractivity contribution >= 4 is 35.1 Å². The summed E-state index contributed by atoms with van der Waals surface area (Å²) in [7, 11) is 1.69. The number of nitrogens with one attached hydrogen (secondary N) is 1. The topological polar surface area (TPSA) is 64.0 Å². The van der Waals surface area contributed by atoms with Gasteiger partial charge in [-0.25, -0.2) is 4.98 Å². The average Bonchev–Trinajstić information content (AvgIpc) is 2.50. The molecule has 5 nitrogen and oxygen atoms in total. The summed E-state index contributed by atoms with van der Waals surface area (Å²) >= 11 is 7.28. The quantitative estimate of drug-likeness (QED) is 0.677. The molecule has 1 atom stereocenters. The number of amides is 1. The van der Waals surface area contributed by atoms with E-state index in [1.807, 2.05) is 18.4 Å². The highest BCUT2D eigenvalue weighted by atomic mass is 35.5. The zero-order valence-corrected chi connectivity index (χ0v) is 13.7. The second kappa shape index (κ2) is 5.78. The minimum atomic E-state index is -0.303. The Morgan fingerprint density at radius 3 is 2.64 bits per heavy atom. The summed E-state index contributed by atoms with van der Waals surface area (Å²) in [5, 5.41) is 3.90. The van der Waals surface area contributed by atoms with Crippen LogP contribution < -0.4 is 10.9 Å². The molecule has 0 aliphatic carbocycles. The third-order valence-corrected chi connectivity index (χ3v) is 4.72. The monoisotopic (exact) mass is 335 g/mol. The Morgan fingerprint density at radius 1 is 1.32 bits per heavy atom. The first-order chi connectivity index (χ1) is 10.5. The molecule has 1 aromatic heterocycles. The average molecular weight is 336 g/mol. The van der Waals surface area contributed by atoms with Crippen LogP contribution in [0.5, 0.6) is 0 Å². The van der Waals surface area contributed by atoms with Crippen LogP contribution in [0.15, 0.2) is 34.2 Å². The van der Waals surface area contributed by atoms with Crippen molar-refractivity contribution in [2.75, 3.05) is 11.6 Å². The lowest BCUT2D eigenvalue weighted by Crippen LogP contribution is -2.34. The van der Waals surface area contributed by atoms with Gasteiger partial charge in [-0.15, -0.1) is 0 Å². The lowest BCUT2D eigenvalue weighted by molar-refractivity contribution is -0.116. The molecule has 22 heavy (non-hydrogen) atoms. The highest BCUT2D eigenvalue weighted by molar-refractivity contribution is 7.98. The van der Waals surface area contributed by atoms with Gasteiger partial charge in [-0.1, -0.05) is 35.5 Å². The van der Waals surface area contributed by atoms with Crippen LogP contribution >= 0.6 is 23.4 Å². The van der Waals surface area contributed by atoms with Crippen molar-refractivity contribution in [2.24, 2.45) is 7.05 Å². The van der Waals surface area contributed by atoms with Crippen LogP contribution in [0.2, 0.25) is 5.02 Å². The van der Waals surface area contributed by atoms with E-state index in [1.54, 1.807) is 19.2 Å². The van der Waals surface area contributed by atoms with Gasteiger partial charge in [-0.2, -0.15) is 0 Å². The number of carbonyl (C=O) groups is 1. The second-order valence-electron chi connectivity index (χ2n) is 5.08. The van der Waals surface area contributed by atoms with Gasteiger partial charge in [0, 0.05) is 24.4 Å². The Balaban J connectivity index is 2.20. The highest BCUT2D eigenvalue weighted by Gasteiger charge is 2.31. The predicted molar refractivity (Wildman–Crippen MR) is 87.8 cm³/mol. The lowest BCUT2D eigenvalue weighted by atomic mass is 9.87. The lowest BCUT2D eigenvalue weighted by Gasteiger charge is -2.25. The molecule has 0 radical (unpaired) electrons. The van der Waals surface area contributed by atoms with Gasteiger partial charge in [0.25, 0.3) is 5.56 Å². The van der Waals surface area contributed by atoms with Gasteiger partial charge < -0.3 is 5.32 Å². The Morgan fingerprint density at radius 2 is 2.00 bits per heavy atom. The van der Waals surface area contributed by atoms with Crippen molar-refractivity contribution in [1.82, 2.24) is 9.55 Å². The summed E-state index contributed by atoms with van der Waals surface area (Å²) in [5.41, 5.74) is 1.29. The maximum Gasteiger partial charge on any atom is 0.259 e. The highest BCUT2D eigenvalue weighted by Crippen LogP contribution is 2.34. The first-order valence-corrected chi connectivity index (χ1v) is 8.31. The van der Waals surface area contributed by atoms with E-state index in [-0.39, 0.29) is 23.8 Å². The molecule has 0 saturated carbocycles. The Labute approximate surface area is 136 Å². The molecule has 2 heterocycles. The third kappa shape index (κ3) is 2.53. The van der Waals surface area contributed by atoms with Gasteiger partial charge >= 0.3 is 0 Å². The summed E-state index contributed by atoms with van der Waals surface area (Å²) in [6, 6.07) is 7.21. The van der Waals surface area contributed by atoms with E-state index >= 15 is 0 Å². The normalized spacial score (nSPS) is 17.0. The molecule has 0 fully saturated rings. The Kier molecular flexibility index (Phi) is 3.97. The van der Waals surface area contributed by atoms with E-state index in [1.165, 1.54) is 16.3 Å². The van der Waals surface area contributed by atoms with E-state index in [4.69, 9.17) is 11.6 Å². The van der Waals surface area contributed by atoms with Crippen molar-refractivity contribution in [1.29, 1.82) is 0 Å². The molecule has 1 amide bonds. The molecule has 0 bridgehead atoms. The largest absolute Gasteiger partial charge is 0.310 e. The fourth-order valence-electron chi connectivity index (χ4n) is 2.64. The van der Waals surface area contributed by atoms with Crippen molar-refractivity contribution in [3.63, 3.8) is 0 Å². The number of benzene rings is 1. The molecule has 1 aliphatic heterocycles. The third-order valence-electron chi connectivity index (χ3n) is 3.74. The molecule has 1 aromatic carbocycles. The molecule has 2 aromatic rings. The molecule has 0 spiro atoms. The first-order valence-electron chi connectivity index (χ1n) is 6.71. The molecule has 0 saturated heterocycles. The van der Waals surface area contributed by atoms with Crippen LogP contribution in [-0.2, 0) is 11.8 Å². The zero-order chi connectivity index (χ0) is 15.9. The van der Waals surface area contributed by atoms with Gasteiger partial charge in [0.05, 0.1) is 5.56 Å². The van der Waals surface area contributed by atoms with Crippen LogP contribution in [0.3, 0.4) is 0 Å². The number of hydrogen-bond acceptors (Lipinski definition) is 4. The maximum atomic E-state index is 12.7. The van der Waals surface area contributed by atoms with Gasteiger partial charge in [0.15, 0.2) is 5.16 Å². The van der Waals surface area contributed by atoms with Gasteiger partial charge in [0.2, 0.25) is 5.91 Å². The number of thioether (sulfide) groups is 1. The van der Waals surface area contributed by atoms with Crippen LogP contribution in [0.1, 0.15) is 23.5 Å². The molecular formula is C15H14ClN3O2S. The van der Waals surface area contributed by atoms with Gasteiger partial charge in [0.1, 0.15) is 5.82 Å². The molecule has 3 rings (SSSR count). The van der Waals surface area contributed by atoms with E-state index in [0.717, 1.165) is 5.56 Å². The number of rotatable bonds is 2. The number of anilines is 1. The second-order valence-corrected chi connectivity index (χ2v) is 6.29. The molecule has 1 unspecified atom stereocenters. The van der Waals surface area contributed by atoms with Crippen LogP contribution in [0.4, 0.5) is 5.82 Å². The van der Waals surface area contributed by atoms with E-state index in [2.05, 4.69) is 10.3 Å². The van der Waals surface area contributed by atoms with Crippen LogP contribution in [-0.4, -0.2) is 21.7 Å². The van der Waals surface area contributed by atoms with E-state index < -0.39 is 0 Å². The zero-order valence-electron chi connectivity index (χ0n) is 12.1. The number of hydrogen-bond donors (Lipinski definition) is 1. The maximum absolute atomic E-state index is 12.7. The number of fused-ring (bicyclic) bond motifs is 1. The van der Waals surface area contributed by atoms with Crippen LogP contribution in [0.25, 0.3) is 0 Å². The van der Waals surface area contributed by atoms with Crippen molar-refractivity contribution < 1.29 is 4.79 Å². The van der Waals surface area contributed by atoms with Crippen molar-refractivity contribution in [2.45, 2.75) is 17.5 Å². The van der Waals surface area contributed by atoms with Crippen molar-refractivity contribution in [3.05, 3.63) is 50.8 Å². The smallest absolute Gasteiger partial charge is 0.259 e. The predicted octanol–water partition coefficient (Wildman–Crippen LogP) is 2.63. The Bertz CT molecular complexity index is 802. The fraction of sp³-hybridized carbons (Fsp3) is 0.267. The van der Waals surface area contributed by atoms with E-state index in [9.17, 15) is 9.59 Å². The van der Waals surface area contributed by atoms with Gasteiger partial charge in [-0.3, -0.25) is 14.2 Å². The Hall–Kier alpha value is -1.79. The molecule has 114 valence electrons. The number of aromatic nitrogens is 2. The number of halogens is 1. The standard InChI is InChI=1S/C15H14ClN3O2S/c1-19-14(21)12-10(8-3-5-9(16)6-4-8)7-11(20)17-13(12)18-15(19)22-2/h3-6,10H,7H2,1-2H3,(H,17,20). The summed E-state index contributed by atoms with van der Waals surface area (Å²) < 4.78 is 1.52. The van der Waals surface area contributed by atoms with Crippen molar-refractivity contribution in [3.8, 4) is 0 Å². The van der Waals surface area contributed by atoms with E-state index in [0.29, 0.717) is 21.6 Å². The summed E-state index contributed by atoms with van der Waals surface area (Å²) in [6.07, 6.45) is 2.07. The van der Waals surface area contributed by atoms with Gasteiger partial charge in [-0.05, 0) is 24.0 Å². The minimum Gasteiger partial charge on any atom is -0.310 e. The van der Waals surface area contributed by atoms with Crippen LogP contribution in [0, 0.1) is 0 Å². The molecule has 1 N–H and O–H groups in total. The molecular weight excluding hydrogens is 322 g/mol. The number of nitrogens with zero attached hydrogens (tertiary/aromatic N) is 2. The minimum absolute atomic E-state index is 0.130. The molecule has 1 aliphatic rings. The fourth-order valence-corrected chi connectivity index (χ4v) is 3.31. The summed E-state index contributed by atoms with van der Waals surface area (Å²) in [5.74, 6) is -0.0768. The SMILES string of the molecule is CSc1nc2c(c(=O)n1C)C(c1ccc(Cl)cc1)CC(=O)N2. The summed E-state index contributed by atoms with van der Waals surface area (Å²) in [4.78, 5) is 29.1. The first kappa shape index (κ1) is 15.1. The summed E-state index contributed by atoms with van der Waals surface area (Å²) in [6.45, 7) is 0. The number of carbonyl (C=O) groups excluding carboxylic acids is 1.